The quantitative estimate of drug-likeness (QED) is 0.382. The Hall–Kier alpha value is -3.77. The van der Waals surface area contributed by atoms with Gasteiger partial charge in [0.1, 0.15) is 5.69 Å². The van der Waals surface area contributed by atoms with Gasteiger partial charge in [0.25, 0.3) is 11.8 Å². The maximum Gasteiger partial charge on any atom is 0.275 e. The molecule has 35 heavy (non-hydrogen) atoms. The lowest BCUT2D eigenvalue weighted by molar-refractivity contribution is 0.0792. The van der Waals surface area contributed by atoms with Crippen LogP contribution >= 0.6 is 11.6 Å². The summed E-state index contributed by atoms with van der Waals surface area (Å²) in [6, 6.07) is 18.3. The lowest BCUT2D eigenvalue weighted by atomic mass is 10.0. The molecule has 6 nitrogen and oxygen atoms in total. The number of aromatic nitrogens is 2. The van der Waals surface area contributed by atoms with Gasteiger partial charge in [0, 0.05) is 35.3 Å². The molecule has 7 heteroatoms. The fourth-order valence-electron chi connectivity index (χ4n) is 4.51. The summed E-state index contributed by atoms with van der Waals surface area (Å²) in [4.78, 5) is 37.3. The summed E-state index contributed by atoms with van der Waals surface area (Å²) < 4.78 is 0. The Morgan fingerprint density at radius 3 is 2.37 bits per heavy atom. The summed E-state index contributed by atoms with van der Waals surface area (Å²) in [5.74, 6) is 0.0681. The van der Waals surface area contributed by atoms with E-state index in [0.717, 1.165) is 37.1 Å². The first-order valence-electron chi connectivity index (χ1n) is 11.7. The van der Waals surface area contributed by atoms with Gasteiger partial charge >= 0.3 is 0 Å². The van der Waals surface area contributed by atoms with E-state index in [0.29, 0.717) is 38.6 Å². The molecule has 1 aliphatic rings. The van der Waals surface area contributed by atoms with E-state index in [4.69, 9.17) is 16.6 Å². The normalized spacial score (nSPS) is 13.3. The van der Waals surface area contributed by atoms with Crippen LogP contribution in [0.15, 0.2) is 60.7 Å². The number of likely N-dealkylation sites (tertiary alicyclic amines) is 1. The lowest BCUT2D eigenvalue weighted by Crippen LogP contribution is -2.27. The maximum absolute atomic E-state index is 13.4. The Balaban J connectivity index is 1.50. The largest absolute Gasteiger partial charge is 0.339 e. The van der Waals surface area contributed by atoms with Crippen molar-refractivity contribution in [2.45, 2.75) is 26.7 Å². The van der Waals surface area contributed by atoms with Gasteiger partial charge in [-0.15, -0.1) is 0 Å². The summed E-state index contributed by atoms with van der Waals surface area (Å²) >= 11 is 6.41. The molecular weight excluding hydrogens is 460 g/mol. The zero-order valence-electron chi connectivity index (χ0n) is 19.6. The number of nitrogens with zero attached hydrogens (tertiary/aromatic N) is 3. The van der Waals surface area contributed by atoms with Crippen LogP contribution in [-0.2, 0) is 0 Å². The number of halogens is 1. The predicted molar refractivity (Wildman–Crippen MR) is 139 cm³/mol. The van der Waals surface area contributed by atoms with E-state index in [1.807, 2.05) is 49.1 Å². The van der Waals surface area contributed by atoms with E-state index in [1.165, 1.54) is 0 Å². The molecule has 0 bridgehead atoms. The zero-order chi connectivity index (χ0) is 24.5. The van der Waals surface area contributed by atoms with Gasteiger partial charge in [-0.3, -0.25) is 9.59 Å². The molecule has 0 unspecified atom stereocenters. The Labute approximate surface area is 209 Å². The van der Waals surface area contributed by atoms with Crippen molar-refractivity contribution in [1.29, 1.82) is 0 Å². The van der Waals surface area contributed by atoms with Gasteiger partial charge in [0.05, 0.1) is 10.5 Å². The Morgan fingerprint density at radius 2 is 1.66 bits per heavy atom. The van der Waals surface area contributed by atoms with E-state index >= 15 is 0 Å². The minimum atomic E-state index is -0.352. The van der Waals surface area contributed by atoms with Crippen molar-refractivity contribution in [3.8, 4) is 11.4 Å². The molecule has 0 spiro atoms. The van der Waals surface area contributed by atoms with Gasteiger partial charge in [0.15, 0.2) is 5.82 Å². The van der Waals surface area contributed by atoms with Crippen molar-refractivity contribution in [3.63, 3.8) is 0 Å². The van der Waals surface area contributed by atoms with Crippen LogP contribution in [0, 0.1) is 13.8 Å². The van der Waals surface area contributed by atoms with E-state index < -0.39 is 0 Å². The highest BCUT2D eigenvalue weighted by Crippen LogP contribution is 2.29. The second-order valence-corrected chi connectivity index (χ2v) is 9.29. The van der Waals surface area contributed by atoms with Crippen LogP contribution in [0.4, 0.5) is 5.69 Å². The van der Waals surface area contributed by atoms with Crippen LogP contribution in [-0.4, -0.2) is 39.8 Å². The number of fused-ring (bicyclic) bond motifs is 1. The molecule has 3 aromatic carbocycles. The molecule has 4 aromatic rings. The topological polar surface area (TPSA) is 75.2 Å². The minimum Gasteiger partial charge on any atom is -0.339 e. The molecule has 0 aliphatic carbocycles. The van der Waals surface area contributed by atoms with Crippen LogP contribution in [0.2, 0.25) is 5.02 Å². The minimum absolute atomic E-state index is 0.0255. The summed E-state index contributed by atoms with van der Waals surface area (Å²) in [7, 11) is 0. The van der Waals surface area contributed by atoms with E-state index in [2.05, 4.69) is 10.3 Å². The first-order valence-corrected chi connectivity index (χ1v) is 12.0. The SMILES string of the molecule is Cc1cc(C)c2nc(-c3ccccc3Cl)nc(C(=O)Nc3ccc(C(=O)N4CCCC4)cc3)c2c1. The van der Waals surface area contributed by atoms with Gasteiger partial charge < -0.3 is 10.2 Å². The molecule has 176 valence electrons. The third-order valence-corrected chi connectivity index (χ3v) is 6.58. The lowest BCUT2D eigenvalue weighted by Gasteiger charge is -2.15. The van der Waals surface area contributed by atoms with Gasteiger partial charge in [-0.25, -0.2) is 9.97 Å². The van der Waals surface area contributed by atoms with Crippen molar-refractivity contribution >= 4 is 40.0 Å². The second-order valence-electron chi connectivity index (χ2n) is 8.88. The average molecular weight is 485 g/mol. The standard InChI is InChI=1S/C28H25ClN4O2/c1-17-15-18(2)24-22(16-17)25(32-26(31-24)21-7-3-4-8-23(21)29)27(34)30-20-11-9-19(10-12-20)28(35)33-13-5-6-14-33/h3-4,7-12,15-16H,5-6,13-14H2,1-2H3,(H,30,34). The van der Waals surface area contributed by atoms with E-state index in [-0.39, 0.29) is 17.5 Å². The summed E-state index contributed by atoms with van der Waals surface area (Å²) in [5.41, 5.74) is 4.81. The van der Waals surface area contributed by atoms with Crippen LogP contribution in [0.3, 0.4) is 0 Å². The Bertz CT molecular complexity index is 1440. The number of rotatable bonds is 4. The van der Waals surface area contributed by atoms with Crippen LogP contribution in [0.1, 0.15) is 44.8 Å². The smallest absolute Gasteiger partial charge is 0.275 e. The Morgan fingerprint density at radius 1 is 0.943 bits per heavy atom. The van der Waals surface area contributed by atoms with E-state index in [9.17, 15) is 9.59 Å². The monoisotopic (exact) mass is 484 g/mol. The van der Waals surface area contributed by atoms with Crippen molar-refractivity contribution in [2.75, 3.05) is 18.4 Å². The summed E-state index contributed by atoms with van der Waals surface area (Å²) in [6.45, 7) is 5.54. The molecule has 0 saturated carbocycles. The molecular formula is C28H25ClN4O2. The van der Waals surface area contributed by atoms with E-state index in [1.54, 1.807) is 30.3 Å². The zero-order valence-corrected chi connectivity index (χ0v) is 20.4. The Kier molecular flexibility index (Phi) is 6.22. The first-order chi connectivity index (χ1) is 16.9. The number of amides is 2. The number of aryl methyl sites for hydroxylation is 2. The fourth-order valence-corrected chi connectivity index (χ4v) is 4.73. The molecule has 2 amide bonds. The van der Waals surface area contributed by atoms with Crippen molar-refractivity contribution in [1.82, 2.24) is 14.9 Å². The highest BCUT2D eigenvalue weighted by Gasteiger charge is 2.21. The van der Waals surface area contributed by atoms with Crippen LogP contribution in [0.25, 0.3) is 22.3 Å². The fraction of sp³-hybridized carbons (Fsp3) is 0.214. The molecule has 1 saturated heterocycles. The third kappa shape index (κ3) is 4.62. The molecule has 2 heterocycles. The van der Waals surface area contributed by atoms with Crippen LogP contribution in [0.5, 0.6) is 0 Å². The average Bonchev–Trinajstić information content (AvgIpc) is 3.39. The second kappa shape index (κ2) is 9.47. The van der Waals surface area contributed by atoms with Gasteiger partial charge in [-0.1, -0.05) is 35.4 Å². The number of hydrogen-bond acceptors (Lipinski definition) is 4. The molecule has 1 aliphatic heterocycles. The highest BCUT2D eigenvalue weighted by molar-refractivity contribution is 6.33. The van der Waals surface area contributed by atoms with Crippen molar-refractivity contribution < 1.29 is 9.59 Å². The van der Waals surface area contributed by atoms with Crippen molar-refractivity contribution in [2.24, 2.45) is 0 Å². The molecule has 0 radical (unpaired) electrons. The molecule has 1 N–H and O–H groups in total. The molecule has 5 rings (SSSR count). The number of nitrogens with one attached hydrogen (secondary N) is 1. The van der Waals surface area contributed by atoms with Crippen molar-refractivity contribution in [3.05, 3.63) is 88.1 Å². The summed E-state index contributed by atoms with van der Waals surface area (Å²) in [6.07, 6.45) is 2.09. The van der Waals surface area contributed by atoms with Gasteiger partial charge in [-0.05, 0) is 74.7 Å². The molecule has 1 fully saturated rings. The third-order valence-electron chi connectivity index (χ3n) is 6.25. The number of carbonyl (C=O) groups excluding carboxylic acids is 2. The molecule has 0 atom stereocenters. The number of carbonyl (C=O) groups is 2. The first kappa shape index (κ1) is 23.0. The predicted octanol–water partition coefficient (Wildman–Crippen LogP) is 6.06. The highest BCUT2D eigenvalue weighted by atomic mass is 35.5. The number of anilines is 1. The maximum atomic E-state index is 13.4. The number of benzene rings is 3. The summed E-state index contributed by atoms with van der Waals surface area (Å²) in [5, 5.41) is 4.12. The van der Waals surface area contributed by atoms with Gasteiger partial charge in [0.2, 0.25) is 0 Å². The van der Waals surface area contributed by atoms with Gasteiger partial charge in [-0.2, -0.15) is 0 Å². The van der Waals surface area contributed by atoms with Crippen LogP contribution < -0.4 is 5.32 Å². The molecule has 1 aromatic heterocycles. The number of hydrogen-bond donors (Lipinski definition) is 1.